The molecule has 2 nitrogen and oxygen atoms in total. The standard InChI is InChI=1S/C32H32O2Si/c1-5-35(6-2)31-21-27(23-13-17-29(33-3)18-14-23)11-9-25(31)7-8-26-10-12-28(22-32(26)35)24-15-19-30(34-4)20-16-24/h7-22H,5-6H2,1-4H3. The lowest BCUT2D eigenvalue weighted by Crippen LogP contribution is -2.58. The van der Waals surface area contributed by atoms with Crippen molar-refractivity contribution in [3.8, 4) is 33.8 Å². The van der Waals surface area contributed by atoms with Gasteiger partial charge in [0.1, 0.15) is 19.6 Å². The number of rotatable bonds is 6. The van der Waals surface area contributed by atoms with E-state index < -0.39 is 8.07 Å². The number of benzene rings is 4. The zero-order valence-electron chi connectivity index (χ0n) is 21.0. The van der Waals surface area contributed by atoms with E-state index in [9.17, 15) is 0 Å². The number of hydrogen-bond acceptors (Lipinski definition) is 2. The van der Waals surface area contributed by atoms with Crippen LogP contribution in [0.25, 0.3) is 34.4 Å². The second kappa shape index (κ2) is 9.59. The average molecular weight is 477 g/mol. The molecule has 176 valence electrons. The Morgan fingerprint density at radius 1 is 0.514 bits per heavy atom. The molecule has 0 amide bonds. The Bertz CT molecular complexity index is 1260. The summed E-state index contributed by atoms with van der Waals surface area (Å²) in [5.74, 6) is 1.77. The van der Waals surface area contributed by atoms with Crippen molar-refractivity contribution < 1.29 is 9.47 Å². The van der Waals surface area contributed by atoms with Gasteiger partial charge in [0.05, 0.1) is 14.2 Å². The summed E-state index contributed by atoms with van der Waals surface area (Å²) >= 11 is 0. The topological polar surface area (TPSA) is 18.5 Å². The number of methoxy groups -OCH3 is 2. The molecule has 1 heterocycles. The summed E-state index contributed by atoms with van der Waals surface area (Å²) in [7, 11) is 1.43. The van der Waals surface area contributed by atoms with Gasteiger partial charge in [0, 0.05) is 0 Å². The van der Waals surface area contributed by atoms with Crippen molar-refractivity contribution in [2.24, 2.45) is 0 Å². The molecular formula is C32H32O2Si. The highest BCUT2D eigenvalue weighted by molar-refractivity contribution is 7.03. The molecule has 0 bridgehead atoms. The minimum Gasteiger partial charge on any atom is -0.497 e. The maximum absolute atomic E-state index is 5.37. The monoisotopic (exact) mass is 476 g/mol. The van der Waals surface area contributed by atoms with Gasteiger partial charge in [-0.15, -0.1) is 0 Å². The van der Waals surface area contributed by atoms with E-state index in [1.807, 2.05) is 24.3 Å². The Kier molecular flexibility index (Phi) is 6.36. The molecule has 35 heavy (non-hydrogen) atoms. The third-order valence-electron chi connectivity index (χ3n) is 7.63. The van der Waals surface area contributed by atoms with Crippen LogP contribution < -0.4 is 19.8 Å². The van der Waals surface area contributed by atoms with Crippen LogP contribution in [0.4, 0.5) is 0 Å². The lowest BCUT2D eigenvalue weighted by molar-refractivity contribution is 0.415. The van der Waals surface area contributed by atoms with Crippen LogP contribution in [0.2, 0.25) is 12.1 Å². The van der Waals surface area contributed by atoms with E-state index >= 15 is 0 Å². The third kappa shape index (κ3) is 4.10. The molecule has 0 atom stereocenters. The van der Waals surface area contributed by atoms with Gasteiger partial charge in [-0.1, -0.05) is 98.8 Å². The normalized spacial score (nSPS) is 13.5. The van der Waals surface area contributed by atoms with E-state index in [1.165, 1.54) is 55.8 Å². The van der Waals surface area contributed by atoms with Crippen molar-refractivity contribution in [2.45, 2.75) is 25.9 Å². The predicted octanol–water partition coefficient (Wildman–Crippen LogP) is 7.12. The predicted molar refractivity (Wildman–Crippen MR) is 152 cm³/mol. The highest BCUT2D eigenvalue weighted by Gasteiger charge is 2.38. The van der Waals surface area contributed by atoms with Crippen molar-refractivity contribution in [1.29, 1.82) is 0 Å². The van der Waals surface area contributed by atoms with E-state index in [4.69, 9.17) is 9.47 Å². The highest BCUT2D eigenvalue weighted by Crippen LogP contribution is 2.31. The molecule has 3 heteroatoms. The van der Waals surface area contributed by atoms with Crippen LogP contribution in [0.1, 0.15) is 25.0 Å². The van der Waals surface area contributed by atoms with Crippen molar-refractivity contribution in [3.05, 3.63) is 96.1 Å². The molecule has 0 spiro atoms. The molecule has 0 unspecified atom stereocenters. The smallest absolute Gasteiger partial charge is 0.119 e. The van der Waals surface area contributed by atoms with Crippen LogP contribution in [-0.2, 0) is 0 Å². The van der Waals surface area contributed by atoms with Gasteiger partial charge in [0.2, 0.25) is 0 Å². The lowest BCUT2D eigenvalue weighted by Gasteiger charge is -2.33. The average Bonchev–Trinajstić information content (AvgIpc) is 3.07. The van der Waals surface area contributed by atoms with E-state index in [1.54, 1.807) is 14.2 Å². The van der Waals surface area contributed by atoms with Gasteiger partial charge in [0.15, 0.2) is 0 Å². The van der Waals surface area contributed by atoms with Gasteiger partial charge in [-0.05, 0) is 68.0 Å². The molecule has 0 aliphatic carbocycles. The first-order valence-corrected chi connectivity index (χ1v) is 14.8. The minimum absolute atomic E-state index is 0.886. The summed E-state index contributed by atoms with van der Waals surface area (Å²) in [6.07, 6.45) is 4.64. The number of fused-ring (bicyclic) bond motifs is 2. The molecule has 0 saturated carbocycles. The van der Waals surface area contributed by atoms with Gasteiger partial charge < -0.3 is 9.47 Å². The molecule has 4 aromatic carbocycles. The molecule has 0 aromatic heterocycles. The summed E-state index contributed by atoms with van der Waals surface area (Å²) < 4.78 is 10.7. The maximum Gasteiger partial charge on any atom is 0.119 e. The largest absolute Gasteiger partial charge is 0.497 e. The van der Waals surface area contributed by atoms with Crippen LogP contribution in [0.15, 0.2) is 84.9 Å². The Labute approximate surface area is 209 Å². The fraction of sp³-hybridized carbons (Fsp3) is 0.188. The first-order valence-electron chi connectivity index (χ1n) is 12.4. The summed E-state index contributed by atoms with van der Waals surface area (Å²) in [5, 5.41) is 3.08. The van der Waals surface area contributed by atoms with E-state index in [0.29, 0.717) is 0 Å². The van der Waals surface area contributed by atoms with Crippen LogP contribution in [0, 0.1) is 0 Å². The van der Waals surface area contributed by atoms with Gasteiger partial charge in [-0.2, -0.15) is 0 Å². The molecule has 0 saturated heterocycles. The Balaban J connectivity index is 1.66. The van der Waals surface area contributed by atoms with E-state index in [-0.39, 0.29) is 0 Å². The number of ether oxygens (including phenoxy) is 2. The van der Waals surface area contributed by atoms with Crippen LogP contribution in [0.3, 0.4) is 0 Å². The summed E-state index contributed by atoms with van der Waals surface area (Å²) in [6, 6.07) is 33.2. The summed E-state index contributed by atoms with van der Waals surface area (Å²) in [6.45, 7) is 4.77. The molecule has 4 aromatic rings. The van der Waals surface area contributed by atoms with Gasteiger partial charge in [-0.25, -0.2) is 0 Å². The SMILES string of the molecule is CC[Si]1(CC)c2cc(-c3ccc(OC)cc3)ccc2C=Cc2ccc(-c3ccc(OC)cc3)cc21. The van der Waals surface area contributed by atoms with Crippen LogP contribution in [-0.4, -0.2) is 22.3 Å². The number of hydrogen-bond donors (Lipinski definition) is 0. The second-order valence-electron chi connectivity index (χ2n) is 9.18. The fourth-order valence-electron chi connectivity index (χ4n) is 5.49. The molecule has 0 N–H and O–H groups in total. The highest BCUT2D eigenvalue weighted by atomic mass is 28.3. The molecule has 5 rings (SSSR count). The first-order chi connectivity index (χ1) is 17.1. The van der Waals surface area contributed by atoms with Gasteiger partial charge >= 0.3 is 0 Å². The van der Waals surface area contributed by atoms with E-state index in [2.05, 4.69) is 86.7 Å². The van der Waals surface area contributed by atoms with Crippen molar-refractivity contribution in [3.63, 3.8) is 0 Å². The van der Waals surface area contributed by atoms with Crippen LogP contribution in [0.5, 0.6) is 11.5 Å². The molecule has 0 fully saturated rings. The minimum atomic E-state index is -2.00. The first kappa shape index (κ1) is 23.2. The fourth-order valence-corrected chi connectivity index (χ4v) is 10.1. The maximum atomic E-state index is 5.37. The Morgan fingerprint density at radius 2 is 0.886 bits per heavy atom. The molecular weight excluding hydrogens is 444 g/mol. The van der Waals surface area contributed by atoms with Crippen LogP contribution >= 0.6 is 0 Å². The molecule has 0 radical (unpaired) electrons. The van der Waals surface area contributed by atoms with Crippen molar-refractivity contribution in [1.82, 2.24) is 0 Å². The Hall–Kier alpha value is -3.56. The third-order valence-corrected chi connectivity index (χ3v) is 13.0. The summed E-state index contributed by atoms with van der Waals surface area (Å²) in [4.78, 5) is 0. The molecule has 1 aliphatic heterocycles. The van der Waals surface area contributed by atoms with E-state index in [0.717, 1.165) is 11.5 Å². The Morgan fingerprint density at radius 3 is 1.23 bits per heavy atom. The molecule has 1 aliphatic rings. The lowest BCUT2D eigenvalue weighted by atomic mass is 10.0. The van der Waals surface area contributed by atoms with Crippen molar-refractivity contribution in [2.75, 3.05) is 14.2 Å². The zero-order chi connectivity index (χ0) is 24.4. The second-order valence-corrected chi connectivity index (χ2v) is 13.8. The quantitative estimate of drug-likeness (QED) is 0.276. The zero-order valence-corrected chi connectivity index (χ0v) is 22.0. The van der Waals surface area contributed by atoms with Crippen molar-refractivity contribution >= 4 is 30.6 Å². The summed E-state index contributed by atoms with van der Waals surface area (Å²) in [5.41, 5.74) is 7.72. The van der Waals surface area contributed by atoms with Gasteiger partial charge in [-0.3, -0.25) is 0 Å². The van der Waals surface area contributed by atoms with Gasteiger partial charge in [0.25, 0.3) is 0 Å².